The summed E-state index contributed by atoms with van der Waals surface area (Å²) in [5, 5.41) is 3.59. The molecular formula is C14H12BrClFN. The monoisotopic (exact) mass is 327 g/mol. The molecule has 0 aliphatic heterocycles. The third-order valence-corrected chi connectivity index (χ3v) is 3.64. The highest BCUT2D eigenvalue weighted by Gasteiger charge is 2.10. The zero-order chi connectivity index (χ0) is 13.1. The topological polar surface area (TPSA) is 12.0 Å². The van der Waals surface area contributed by atoms with Crippen molar-refractivity contribution in [1.29, 1.82) is 0 Å². The molecule has 94 valence electrons. The Morgan fingerprint density at radius 3 is 2.72 bits per heavy atom. The minimum Gasteiger partial charge on any atom is -0.316 e. The molecule has 2 rings (SSSR count). The summed E-state index contributed by atoms with van der Waals surface area (Å²) in [6.45, 7) is 0.488. The van der Waals surface area contributed by atoms with Crippen molar-refractivity contribution in [2.45, 2.75) is 6.54 Å². The molecule has 18 heavy (non-hydrogen) atoms. The van der Waals surface area contributed by atoms with Gasteiger partial charge in [0.2, 0.25) is 0 Å². The van der Waals surface area contributed by atoms with Gasteiger partial charge in [-0.1, -0.05) is 39.7 Å². The minimum atomic E-state index is -0.212. The van der Waals surface area contributed by atoms with Gasteiger partial charge in [-0.15, -0.1) is 0 Å². The van der Waals surface area contributed by atoms with E-state index in [1.54, 1.807) is 13.1 Å². The molecule has 4 heteroatoms. The molecule has 0 saturated carbocycles. The Morgan fingerprint density at radius 1 is 1.28 bits per heavy atom. The molecule has 0 spiro atoms. The van der Waals surface area contributed by atoms with Crippen LogP contribution in [0.5, 0.6) is 0 Å². The Balaban J connectivity index is 2.54. The summed E-state index contributed by atoms with van der Waals surface area (Å²) in [5.74, 6) is -0.212. The number of nitrogens with one attached hydrogen (secondary N) is 1. The van der Waals surface area contributed by atoms with E-state index in [4.69, 9.17) is 11.6 Å². The molecule has 0 saturated heterocycles. The molecule has 1 N–H and O–H groups in total. The Labute approximate surface area is 119 Å². The SMILES string of the molecule is CNCc1cc(-c2c(Cl)cccc2Br)ccc1F. The molecule has 0 bridgehead atoms. The first-order chi connectivity index (χ1) is 8.63. The third-order valence-electron chi connectivity index (χ3n) is 2.66. The fourth-order valence-corrected chi connectivity index (χ4v) is 2.82. The maximum absolute atomic E-state index is 13.6. The third kappa shape index (κ3) is 2.74. The summed E-state index contributed by atoms with van der Waals surface area (Å²) >= 11 is 9.67. The largest absolute Gasteiger partial charge is 0.316 e. The van der Waals surface area contributed by atoms with Gasteiger partial charge >= 0.3 is 0 Å². The second-order valence-electron chi connectivity index (χ2n) is 3.93. The highest BCUT2D eigenvalue weighted by atomic mass is 79.9. The predicted molar refractivity (Wildman–Crippen MR) is 77.3 cm³/mol. The average molecular weight is 329 g/mol. The molecular weight excluding hydrogens is 317 g/mol. The molecule has 0 aliphatic rings. The first-order valence-electron chi connectivity index (χ1n) is 5.51. The van der Waals surface area contributed by atoms with Crippen LogP contribution >= 0.6 is 27.5 Å². The van der Waals surface area contributed by atoms with Crippen molar-refractivity contribution in [1.82, 2.24) is 5.32 Å². The average Bonchev–Trinajstić information content (AvgIpc) is 2.33. The number of halogens is 3. The first kappa shape index (κ1) is 13.5. The van der Waals surface area contributed by atoms with E-state index in [1.807, 2.05) is 24.3 Å². The van der Waals surface area contributed by atoms with E-state index in [0.717, 1.165) is 15.6 Å². The maximum atomic E-state index is 13.6. The van der Waals surface area contributed by atoms with E-state index in [-0.39, 0.29) is 5.82 Å². The maximum Gasteiger partial charge on any atom is 0.127 e. The summed E-state index contributed by atoms with van der Waals surface area (Å²) in [5.41, 5.74) is 2.41. The van der Waals surface area contributed by atoms with Crippen LogP contribution < -0.4 is 5.32 Å². The number of rotatable bonds is 3. The first-order valence-corrected chi connectivity index (χ1v) is 6.68. The highest BCUT2D eigenvalue weighted by molar-refractivity contribution is 9.10. The van der Waals surface area contributed by atoms with Crippen LogP contribution in [0.3, 0.4) is 0 Å². The van der Waals surface area contributed by atoms with E-state index in [2.05, 4.69) is 21.2 Å². The van der Waals surface area contributed by atoms with Gasteiger partial charge < -0.3 is 5.32 Å². The molecule has 0 aliphatic carbocycles. The van der Waals surface area contributed by atoms with Crippen LogP contribution in [-0.2, 0) is 6.54 Å². The van der Waals surface area contributed by atoms with Gasteiger partial charge in [-0.2, -0.15) is 0 Å². The molecule has 2 aromatic rings. The van der Waals surface area contributed by atoms with Crippen molar-refractivity contribution in [3.8, 4) is 11.1 Å². The molecule has 2 aromatic carbocycles. The molecule has 0 heterocycles. The predicted octanol–water partition coefficient (Wildman–Crippen LogP) is 4.63. The van der Waals surface area contributed by atoms with Gasteiger partial charge in [0.25, 0.3) is 0 Å². The van der Waals surface area contributed by atoms with Crippen molar-refractivity contribution < 1.29 is 4.39 Å². The smallest absolute Gasteiger partial charge is 0.127 e. The summed E-state index contributed by atoms with van der Waals surface area (Å²) in [4.78, 5) is 0. The highest BCUT2D eigenvalue weighted by Crippen LogP contribution is 2.35. The van der Waals surface area contributed by atoms with Crippen LogP contribution in [0.25, 0.3) is 11.1 Å². The van der Waals surface area contributed by atoms with E-state index >= 15 is 0 Å². The lowest BCUT2D eigenvalue weighted by atomic mass is 10.0. The van der Waals surface area contributed by atoms with Gasteiger partial charge in [-0.25, -0.2) is 4.39 Å². The van der Waals surface area contributed by atoms with Crippen LogP contribution in [0.15, 0.2) is 40.9 Å². The second kappa shape index (κ2) is 5.83. The lowest BCUT2D eigenvalue weighted by molar-refractivity contribution is 0.601. The summed E-state index contributed by atoms with van der Waals surface area (Å²) in [7, 11) is 1.79. The minimum absolute atomic E-state index is 0.212. The van der Waals surface area contributed by atoms with E-state index in [0.29, 0.717) is 17.1 Å². The van der Waals surface area contributed by atoms with E-state index in [9.17, 15) is 4.39 Å². The van der Waals surface area contributed by atoms with Crippen LogP contribution in [0.1, 0.15) is 5.56 Å². The molecule has 0 amide bonds. The van der Waals surface area contributed by atoms with Crippen LogP contribution in [0, 0.1) is 5.82 Å². The van der Waals surface area contributed by atoms with Gasteiger partial charge in [0.1, 0.15) is 5.82 Å². The zero-order valence-electron chi connectivity index (χ0n) is 9.81. The van der Waals surface area contributed by atoms with Gasteiger partial charge in [0, 0.05) is 27.2 Å². The van der Waals surface area contributed by atoms with Crippen molar-refractivity contribution >= 4 is 27.5 Å². The molecule has 0 aromatic heterocycles. The van der Waals surface area contributed by atoms with Gasteiger partial charge in [-0.3, -0.25) is 0 Å². The van der Waals surface area contributed by atoms with Crippen molar-refractivity contribution in [2.24, 2.45) is 0 Å². The Hall–Kier alpha value is -0.900. The van der Waals surface area contributed by atoms with Crippen LogP contribution in [0.4, 0.5) is 4.39 Å². The zero-order valence-corrected chi connectivity index (χ0v) is 12.1. The number of benzene rings is 2. The normalized spacial score (nSPS) is 10.7. The van der Waals surface area contributed by atoms with Gasteiger partial charge in [-0.05, 0) is 36.9 Å². The molecule has 0 atom stereocenters. The standard InChI is InChI=1S/C14H12BrClFN/c1-18-8-10-7-9(5-6-13(10)17)14-11(15)3-2-4-12(14)16/h2-7,18H,8H2,1H3. The summed E-state index contributed by atoms with van der Waals surface area (Å²) < 4.78 is 14.5. The van der Waals surface area contributed by atoms with E-state index in [1.165, 1.54) is 6.07 Å². The molecule has 1 nitrogen and oxygen atoms in total. The Bertz CT molecular complexity index is 551. The van der Waals surface area contributed by atoms with Crippen molar-refractivity contribution in [3.05, 3.63) is 57.3 Å². The van der Waals surface area contributed by atoms with Crippen molar-refractivity contribution in [2.75, 3.05) is 7.05 Å². The molecule has 0 radical (unpaired) electrons. The summed E-state index contributed by atoms with van der Waals surface area (Å²) in [6.07, 6.45) is 0. The Kier molecular flexibility index (Phi) is 4.38. The molecule has 0 unspecified atom stereocenters. The lowest BCUT2D eigenvalue weighted by Crippen LogP contribution is -2.07. The lowest BCUT2D eigenvalue weighted by Gasteiger charge is -2.10. The van der Waals surface area contributed by atoms with Gasteiger partial charge in [0.05, 0.1) is 0 Å². The second-order valence-corrected chi connectivity index (χ2v) is 5.19. The van der Waals surface area contributed by atoms with Crippen LogP contribution in [-0.4, -0.2) is 7.05 Å². The van der Waals surface area contributed by atoms with Crippen LogP contribution in [0.2, 0.25) is 5.02 Å². The van der Waals surface area contributed by atoms with Gasteiger partial charge in [0.15, 0.2) is 0 Å². The Morgan fingerprint density at radius 2 is 2.06 bits per heavy atom. The number of hydrogen-bond donors (Lipinski definition) is 1. The number of hydrogen-bond acceptors (Lipinski definition) is 1. The van der Waals surface area contributed by atoms with E-state index < -0.39 is 0 Å². The summed E-state index contributed by atoms with van der Waals surface area (Å²) in [6, 6.07) is 10.6. The molecule has 0 fully saturated rings. The van der Waals surface area contributed by atoms with Crippen molar-refractivity contribution in [3.63, 3.8) is 0 Å². The fourth-order valence-electron chi connectivity index (χ4n) is 1.83. The quantitative estimate of drug-likeness (QED) is 0.866. The fraction of sp³-hybridized carbons (Fsp3) is 0.143.